The second kappa shape index (κ2) is 7.26. The molecule has 2 aromatic rings. The molecule has 0 amide bonds. The Labute approximate surface area is 132 Å². The molecule has 1 saturated carbocycles. The van der Waals surface area contributed by atoms with Crippen molar-refractivity contribution >= 4 is 22.5 Å². The number of pyridine rings is 1. The monoisotopic (exact) mass is 301 g/mol. The Bertz CT molecular complexity index is 573. The lowest BCUT2D eigenvalue weighted by molar-refractivity contribution is 0.418. The second-order valence-corrected chi connectivity index (χ2v) is 7.01. The first-order chi connectivity index (χ1) is 10.3. The number of nitrogens with zero attached hydrogens (tertiary/aromatic N) is 1. The average molecular weight is 302 g/mol. The van der Waals surface area contributed by atoms with E-state index in [0.717, 1.165) is 30.0 Å². The fourth-order valence-corrected chi connectivity index (χ4v) is 3.90. The average Bonchev–Trinajstić information content (AvgIpc) is 2.75. The zero-order valence-corrected chi connectivity index (χ0v) is 13.4. The van der Waals surface area contributed by atoms with E-state index in [1.54, 1.807) is 0 Å². The number of aromatic nitrogens is 1. The summed E-state index contributed by atoms with van der Waals surface area (Å²) in [7, 11) is 0. The van der Waals surface area contributed by atoms with Gasteiger partial charge in [0.2, 0.25) is 0 Å². The third-order valence-corrected chi connectivity index (χ3v) is 4.98. The van der Waals surface area contributed by atoms with Crippen LogP contribution >= 0.6 is 11.6 Å². The molecule has 0 N–H and O–H groups in total. The number of hydrogen-bond donors (Lipinski definition) is 0. The summed E-state index contributed by atoms with van der Waals surface area (Å²) in [5.41, 5.74) is 2.20. The van der Waals surface area contributed by atoms with Crippen molar-refractivity contribution in [2.24, 2.45) is 5.92 Å². The molecule has 1 atom stereocenters. The molecule has 1 aliphatic rings. The SMILES string of the molecule is ClC(Cc1ccc2ccccc2n1)CC1CCCCCC1. The maximum Gasteiger partial charge on any atom is 0.0705 e. The predicted molar refractivity (Wildman–Crippen MR) is 90.9 cm³/mol. The predicted octanol–water partition coefficient (Wildman–Crippen LogP) is 5.75. The van der Waals surface area contributed by atoms with E-state index in [0.29, 0.717) is 0 Å². The molecular formula is C19H24ClN. The maximum absolute atomic E-state index is 6.61. The highest BCUT2D eigenvalue weighted by atomic mass is 35.5. The van der Waals surface area contributed by atoms with E-state index in [1.807, 2.05) is 6.07 Å². The fourth-order valence-electron chi connectivity index (χ4n) is 3.49. The van der Waals surface area contributed by atoms with Gasteiger partial charge in [0.15, 0.2) is 0 Å². The second-order valence-electron chi connectivity index (χ2n) is 6.39. The third kappa shape index (κ3) is 4.20. The summed E-state index contributed by atoms with van der Waals surface area (Å²) in [6.45, 7) is 0. The van der Waals surface area contributed by atoms with Crippen LogP contribution in [-0.2, 0) is 6.42 Å². The van der Waals surface area contributed by atoms with Crippen molar-refractivity contribution in [1.82, 2.24) is 4.98 Å². The highest BCUT2D eigenvalue weighted by Crippen LogP contribution is 2.28. The van der Waals surface area contributed by atoms with E-state index >= 15 is 0 Å². The molecule has 1 unspecified atom stereocenters. The van der Waals surface area contributed by atoms with Crippen LogP contribution in [0.15, 0.2) is 36.4 Å². The fraction of sp³-hybridized carbons (Fsp3) is 0.526. The van der Waals surface area contributed by atoms with E-state index in [-0.39, 0.29) is 5.38 Å². The first-order valence-electron chi connectivity index (χ1n) is 8.30. The van der Waals surface area contributed by atoms with Crippen molar-refractivity contribution in [1.29, 1.82) is 0 Å². The van der Waals surface area contributed by atoms with Gasteiger partial charge in [0.25, 0.3) is 0 Å². The van der Waals surface area contributed by atoms with E-state index in [2.05, 4.69) is 30.3 Å². The first-order valence-corrected chi connectivity index (χ1v) is 8.73. The summed E-state index contributed by atoms with van der Waals surface area (Å²) in [5.74, 6) is 0.829. The largest absolute Gasteiger partial charge is 0.253 e. The van der Waals surface area contributed by atoms with E-state index < -0.39 is 0 Å². The Balaban J connectivity index is 1.61. The van der Waals surface area contributed by atoms with Gasteiger partial charge in [-0.25, -0.2) is 0 Å². The molecule has 1 fully saturated rings. The van der Waals surface area contributed by atoms with Gasteiger partial charge in [-0.15, -0.1) is 11.6 Å². The van der Waals surface area contributed by atoms with Crippen LogP contribution in [0.5, 0.6) is 0 Å². The van der Waals surface area contributed by atoms with Gasteiger partial charge in [-0.2, -0.15) is 0 Å². The lowest BCUT2D eigenvalue weighted by atomic mass is 9.93. The topological polar surface area (TPSA) is 12.9 Å². The molecule has 0 spiro atoms. The molecule has 0 aliphatic heterocycles. The molecule has 0 saturated heterocycles. The van der Waals surface area contributed by atoms with Crippen molar-refractivity contribution in [3.8, 4) is 0 Å². The normalized spacial score (nSPS) is 18.5. The van der Waals surface area contributed by atoms with Gasteiger partial charge in [0.05, 0.1) is 5.52 Å². The lowest BCUT2D eigenvalue weighted by Crippen LogP contribution is -2.11. The van der Waals surface area contributed by atoms with Gasteiger partial charge >= 0.3 is 0 Å². The van der Waals surface area contributed by atoms with Crippen LogP contribution in [0.1, 0.15) is 50.6 Å². The Hall–Kier alpha value is -1.08. The zero-order chi connectivity index (χ0) is 14.5. The van der Waals surface area contributed by atoms with Crippen molar-refractivity contribution in [2.45, 2.75) is 56.7 Å². The summed E-state index contributed by atoms with van der Waals surface area (Å²) in [5, 5.41) is 1.43. The molecule has 112 valence electrons. The first kappa shape index (κ1) is 14.8. The van der Waals surface area contributed by atoms with E-state index in [4.69, 9.17) is 16.6 Å². The number of halogens is 1. The van der Waals surface area contributed by atoms with Gasteiger partial charge in [-0.3, -0.25) is 4.98 Å². The molecule has 3 rings (SSSR count). The summed E-state index contributed by atoms with van der Waals surface area (Å²) in [6, 6.07) is 12.6. The molecule has 1 aliphatic carbocycles. The van der Waals surface area contributed by atoms with E-state index in [1.165, 1.54) is 43.9 Å². The lowest BCUT2D eigenvalue weighted by Gasteiger charge is -2.17. The number of rotatable bonds is 4. The number of benzene rings is 1. The Morgan fingerprint density at radius 3 is 2.57 bits per heavy atom. The van der Waals surface area contributed by atoms with Crippen molar-refractivity contribution in [2.75, 3.05) is 0 Å². The highest BCUT2D eigenvalue weighted by Gasteiger charge is 2.17. The van der Waals surface area contributed by atoms with Gasteiger partial charge < -0.3 is 0 Å². The smallest absolute Gasteiger partial charge is 0.0705 e. The Morgan fingerprint density at radius 2 is 1.76 bits per heavy atom. The quantitative estimate of drug-likeness (QED) is 0.518. The van der Waals surface area contributed by atoms with Crippen molar-refractivity contribution < 1.29 is 0 Å². The van der Waals surface area contributed by atoms with Crippen LogP contribution in [0, 0.1) is 5.92 Å². The van der Waals surface area contributed by atoms with Gasteiger partial charge in [-0.05, 0) is 24.5 Å². The molecule has 0 radical (unpaired) electrons. The van der Waals surface area contributed by atoms with Crippen LogP contribution in [0.3, 0.4) is 0 Å². The summed E-state index contributed by atoms with van der Waals surface area (Å²) in [6.07, 6.45) is 10.4. The van der Waals surface area contributed by atoms with Gasteiger partial charge in [0.1, 0.15) is 0 Å². The molecule has 21 heavy (non-hydrogen) atoms. The minimum absolute atomic E-state index is 0.224. The molecule has 1 aromatic carbocycles. The molecule has 0 bridgehead atoms. The number of para-hydroxylation sites is 1. The summed E-state index contributed by atoms with van der Waals surface area (Å²) in [4.78, 5) is 4.74. The minimum Gasteiger partial charge on any atom is -0.253 e. The van der Waals surface area contributed by atoms with Crippen LogP contribution in [0.4, 0.5) is 0 Å². The van der Waals surface area contributed by atoms with Crippen LogP contribution in [0.25, 0.3) is 10.9 Å². The van der Waals surface area contributed by atoms with Gasteiger partial charge in [0, 0.05) is 22.9 Å². The molecule has 1 heterocycles. The standard InChI is InChI=1S/C19H24ClN/c20-17(13-15-7-3-1-2-4-8-15)14-18-12-11-16-9-5-6-10-19(16)21-18/h5-6,9-12,15,17H,1-4,7-8,13-14H2. The number of hydrogen-bond acceptors (Lipinski definition) is 1. The molecular weight excluding hydrogens is 278 g/mol. The Kier molecular flexibility index (Phi) is 5.13. The summed E-state index contributed by atoms with van der Waals surface area (Å²) >= 11 is 6.61. The maximum atomic E-state index is 6.61. The van der Waals surface area contributed by atoms with Crippen molar-refractivity contribution in [3.05, 3.63) is 42.1 Å². The number of fused-ring (bicyclic) bond motifs is 1. The third-order valence-electron chi connectivity index (χ3n) is 4.65. The highest BCUT2D eigenvalue weighted by molar-refractivity contribution is 6.20. The Morgan fingerprint density at radius 1 is 1.00 bits per heavy atom. The molecule has 1 aromatic heterocycles. The van der Waals surface area contributed by atoms with E-state index in [9.17, 15) is 0 Å². The van der Waals surface area contributed by atoms with Crippen LogP contribution < -0.4 is 0 Å². The number of alkyl halides is 1. The zero-order valence-electron chi connectivity index (χ0n) is 12.6. The summed E-state index contributed by atoms with van der Waals surface area (Å²) < 4.78 is 0. The van der Waals surface area contributed by atoms with Crippen LogP contribution in [0.2, 0.25) is 0 Å². The molecule has 2 heteroatoms. The minimum atomic E-state index is 0.224. The van der Waals surface area contributed by atoms with Crippen LogP contribution in [-0.4, -0.2) is 10.4 Å². The van der Waals surface area contributed by atoms with Crippen molar-refractivity contribution in [3.63, 3.8) is 0 Å². The molecule has 1 nitrogen and oxygen atoms in total. The van der Waals surface area contributed by atoms with Gasteiger partial charge in [-0.1, -0.05) is 62.8 Å².